The molecule has 0 unspecified atom stereocenters. The van der Waals surface area contributed by atoms with Gasteiger partial charge in [0.05, 0.1) is 24.4 Å². The van der Waals surface area contributed by atoms with E-state index in [9.17, 15) is 10.1 Å². The van der Waals surface area contributed by atoms with Gasteiger partial charge in [-0.2, -0.15) is 10.4 Å². The van der Waals surface area contributed by atoms with Crippen molar-refractivity contribution >= 4 is 28.5 Å². The predicted molar refractivity (Wildman–Crippen MR) is 161 cm³/mol. The molecule has 4 aromatic rings. The largest absolute Gasteiger partial charge is 0.346 e. The molecule has 0 radical (unpaired) electrons. The number of aromatic amines is 1. The molecule has 2 aliphatic heterocycles. The quantitative estimate of drug-likeness (QED) is 0.328. The fourth-order valence-electron chi connectivity index (χ4n) is 7.38. The summed E-state index contributed by atoms with van der Waals surface area (Å²) in [5.74, 6) is 1.02. The molecular weight excluding hydrogens is 548 g/mol. The van der Waals surface area contributed by atoms with Gasteiger partial charge in [-0.1, -0.05) is 23.7 Å². The second-order valence-corrected chi connectivity index (χ2v) is 12.7. The zero-order chi connectivity index (χ0) is 28.7. The number of nitriles is 1. The highest BCUT2D eigenvalue weighted by Crippen LogP contribution is 2.39. The fraction of sp³-hybridized carbons (Fsp3) is 0.469. The van der Waals surface area contributed by atoms with Crippen molar-refractivity contribution < 1.29 is 4.79 Å². The topological polar surface area (TPSA) is 107 Å². The van der Waals surface area contributed by atoms with Crippen LogP contribution >= 0.6 is 11.6 Å². The number of amides is 1. The fourth-order valence-corrected chi connectivity index (χ4v) is 7.50. The van der Waals surface area contributed by atoms with Crippen LogP contribution in [0.15, 0.2) is 55.2 Å². The Labute approximate surface area is 250 Å². The van der Waals surface area contributed by atoms with E-state index in [0.717, 1.165) is 92.0 Å². The Hall–Kier alpha value is -3.74. The van der Waals surface area contributed by atoms with Gasteiger partial charge in [-0.3, -0.25) is 14.4 Å². The zero-order valence-electron chi connectivity index (χ0n) is 23.6. The number of hydrogen-bond acceptors (Lipinski definition) is 6. The lowest BCUT2D eigenvalue weighted by molar-refractivity contribution is -0.139. The van der Waals surface area contributed by atoms with Crippen molar-refractivity contribution in [2.75, 3.05) is 26.2 Å². The first kappa shape index (κ1) is 27.1. The molecule has 5 heterocycles. The first-order chi connectivity index (χ1) is 20.5. The van der Waals surface area contributed by atoms with Crippen LogP contribution in [0.25, 0.3) is 22.3 Å². The second kappa shape index (κ2) is 11.2. The molecule has 1 aliphatic carbocycles. The number of carbonyl (C=O) groups excluding carboxylic acids is 1. The number of halogens is 1. The maximum absolute atomic E-state index is 13.4. The third kappa shape index (κ3) is 4.97. The minimum atomic E-state index is -0.340. The van der Waals surface area contributed by atoms with Gasteiger partial charge in [0.1, 0.15) is 17.5 Å². The summed E-state index contributed by atoms with van der Waals surface area (Å²) in [4.78, 5) is 29.9. The molecule has 10 heteroatoms. The number of aromatic nitrogens is 5. The standard InChI is InChI=1S/C32H35ClN8O/c33-26-7-5-23(6-8-26)22-1-3-24(4-2-22)31(42)39-15-10-27(11-16-39)40-19-32(20-40,12-13-34)41-18-25(17-38-41)29-28-9-14-35-30(28)37-21-36-29/h5-9,14,17-18,21-22,24,27H,1-4,10-12,15-16,19-20H2,(H,35,36,37). The van der Waals surface area contributed by atoms with E-state index in [1.165, 1.54) is 5.56 Å². The van der Waals surface area contributed by atoms with Gasteiger partial charge in [0.2, 0.25) is 5.91 Å². The SMILES string of the molecule is N#CCC1(n2cc(-c3ncnc4[nH]ccc34)cn2)CN(C2CCN(C(=O)C3CCC(c4ccc(Cl)cc4)CC3)CC2)C1. The van der Waals surface area contributed by atoms with Gasteiger partial charge in [0.15, 0.2) is 0 Å². The number of carbonyl (C=O) groups is 1. The zero-order valence-corrected chi connectivity index (χ0v) is 24.4. The third-order valence-electron chi connectivity index (χ3n) is 9.81. The van der Waals surface area contributed by atoms with Gasteiger partial charge < -0.3 is 9.88 Å². The Morgan fingerprint density at radius 2 is 1.81 bits per heavy atom. The molecule has 2 saturated heterocycles. The van der Waals surface area contributed by atoms with E-state index in [-0.39, 0.29) is 11.5 Å². The summed E-state index contributed by atoms with van der Waals surface area (Å²) in [6.07, 6.45) is 13.7. The summed E-state index contributed by atoms with van der Waals surface area (Å²) in [6, 6.07) is 13.0. The lowest BCUT2D eigenvalue weighted by Gasteiger charge is -2.53. The highest BCUT2D eigenvalue weighted by atomic mass is 35.5. The van der Waals surface area contributed by atoms with Crippen molar-refractivity contribution in [1.82, 2.24) is 34.5 Å². The highest BCUT2D eigenvalue weighted by Gasteiger charge is 2.48. The predicted octanol–water partition coefficient (Wildman–Crippen LogP) is 5.36. The van der Waals surface area contributed by atoms with Crippen LogP contribution in [0.2, 0.25) is 5.02 Å². The van der Waals surface area contributed by atoms with Gasteiger partial charge >= 0.3 is 0 Å². The molecule has 1 amide bonds. The molecule has 3 aromatic heterocycles. The van der Waals surface area contributed by atoms with E-state index >= 15 is 0 Å². The number of hydrogen-bond donors (Lipinski definition) is 1. The maximum Gasteiger partial charge on any atom is 0.225 e. The number of H-pyrrole nitrogens is 1. The molecule has 42 heavy (non-hydrogen) atoms. The van der Waals surface area contributed by atoms with Crippen LogP contribution in [-0.4, -0.2) is 72.7 Å². The summed E-state index contributed by atoms with van der Waals surface area (Å²) >= 11 is 6.06. The molecule has 3 aliphatic rings. The van der Waals surface area contributed by atoms with Crippen LogP contribution in [0.3, 0.4) is 0 Å². The number of nitrogens with one attached hydrogen (secondary N) is 1. The van der Waals surface area contributed by atoms with E-state index in [4.69, 9.17) is 16.7 Å². The lowest BCUT2D eigenvalue weighted by Crippen LogP contribution is -2.66. The molecule has 1 N–H and O–H groups in total. The summed E-state index contributed by atoms with van der Waals surface area (Å²) in [7, 11) is 0. The van der Waals surface area contributed by atoms with Crippen molar-refractivity contribution in [2.45, 2.75) is 62.4 Å². The van der Waals surface area contributed by atoms with Gasteiger partial charge in [0, 0.05) is 66.5 Å². The first-order valence-electron chi connectivity index (χ1n) is 15.0. The lowest BCUT2D eigenvalue weighted by atomic mass is 9.78. The molecule has 1 aromatic carbocycles. The number of rotatable bonds is 6. The second-order valence-electron chi connectivity index (χ2n) is 12.3. The van der Waals surface area contributed by atoms with E-state index in [1.807, 2.05) is 41.5 Å². The normalized spacial score (nSPS) is 23.0. The van der Waals surface area contributed by atoms with Gasteiger partial charge in [-0.25, -0.2) is 9.97 Å². The Morgan fingerprint density at radius 3 is 2.55 bits per heavy atom. The van der Waals surface area contributed by atoms with E-state index in [2.05, 4.69) is 43.0 Å². The van der Waals surface area contributed by atoms with Gasteiger partial charge in [0.25, 0.3) is 0 Å². The van der Waals surface area contributed by atoms with Crippen molar-refractivity contribution in [3.8, 4) is 17.3 Å². The van der Waals surface area contributed by atoms with Crippen LogP contribution in [-0.2, 0) is 10.3 Å². The van der Waals surface area contributed by atoms with Crippen molar-refractivity contribution in [3.05, 3.63) is 65.8 Å². The molecule has 7 rings (SSSR count). The Balaban J connectivity index is 0.936. The molecule has 0 atom stereocenters. The van der Waals surface area contributed by atoms with Crippen LogP contribution in [0.5, 0.6) is 0 Å². The number of nitrogens with zero attached hydrogens (tertiary/aromatic N) is 7. The van der Waals surface area contributed by atoms with Crippen molar-refractivity contribution in [2.24, 2.45) is 5.92 Å². The summed E-state index contributed by atoms with van der Waals surface area (Å²) < 4.78 is 1.97. The Kier molecular flexibility index (Phi) is 7.20. The first-order valence-corrected chi connectivity index (χ1v) is 15.4. The third-order valence-corrected chi connectivity index (χ3v) is 10.1. The Morgan fingerprint density at radius 1 is 1.05 bits per heavy atom. The number of piperidine rings is 1. The van der Waals surface area contributed by atoms with Crippen LogP contribution in [0, 0.1) is 17.2 Å². The Bertz CT molecular complexity index is 1600. The average molecular weight is 583 g/mol. The van der Waals surface area contributed by atoms with Crippen LogP contribution in [0.4, 0.5) is 0 Å². The number of fused-ring (bicyclic) bond motifs is 1. The molecular formula is C32H35ClN8O. The average Bonchev–Trinajstić information content (AvgIpc) is 3.70. The molecule has 0 bridgehead atoms. The van der Waals surface area contributed by atoms with Crippen LogP contribution < -0.4 is 0 Å². The van der Waals surface area contributed by atoms with Crippen LogP contribution in [0.1, 0.15) is 56.4 Å². The smallest absolute Gasteiger partial charge is 0.225 e. The van der Waals surface area contributed by atoms with Crippen molar-refractivity contribution in [1.29, 1.82) is 5.26 Å². The van der Waals surface area contributed by atoms with Gasteiger partial charge in [-0.05, 0) is 68.2 Å². The van der Waals surface area contributed by atoms with Gasteiger partial charge in [-0.15, -0.1) is 0 Å². The summed E-state index contributed by atoms with van der Waals surface area (Å²) in [6.45, 7) is 3.21. The molecule has 216 valence electrons. The van der Waals surface area contributed by atoms with E-state index in [0.29, 0.717) is 24.3 Å². The summed E-state index contributed by atoms with van der Waals surface area (Å²) in [5, 5.41) is 16.1. The number of likely N-dealkylation sites (tertiary alicyclic amines) is 2. The minimum Gasteiger partial charge on any atom is -0.346 e. The van der Waals surface area contributed by atoms with Crippen molar-refractivity contribution in [3.63, 3.8) is 0 Å². The summed E-state index contributed by atoms with van der Waals surface area (Å²) in [5.41, 5.74) is 3.56. The van der Waals surface area contributed by atoms with E-state index < -0.39 is 0 Å². The monoisotopic (exact) mass is 582 g/mol. The molecule has 3 fully saturated rings. The maximum atomic E-state index is 13.4. The van der Waals surface area contributed by atoms with E-state index in [1.54, 1.807) is 6.33 Å². The molecule has 9 nitrogen and oxygen atoms in total. The molecule has 1 saturated carbocycles. The number of benzene rings is 1. The minimum absolute atomic E-state index is 0.147. The molecule has 0 spiro atoms. The highest BCUT2D eigenvalue weighted by molar-refractivity contribution is 6.30.